The number of amides is 1. The third-order valence-electron chi connectivity index (χ3n) is 5.31. The van der Waals surface area contributed by atoms with E-state index in [4.69, 9.17) is 4.42 Å². The van der Waals surface area contributed by atoms with E-state index < -0.39 is 0 Å². The molecule has 0 spiro atoms. The second-order valence-electron chi connectivity index (χ2n) is 7.38. The Labute approximate surface area is 145 Å². The average molecular weight is 333 g/mol. The molecule has 0 aliphatic carbocycles. The van der Waals surface area contributed by atoms with Gasteiger partial charge in [-0.25, -0.2) is 0 Å². The zero-order valence-corrected chi connectivity index (χ0v) is 15.1. The molecule has 1 amide bonds. The van der Waals surface area contributed by atoms with Crippen molar-refractivity contribution in [1.82, 2.24) is 15.1 Å². The van der Waals surface area contributed by atoms with Gasteiger partial charge in [-0.05, 0) is 64.3 Å². The summed E-state index contributed by atoms with van der Waals surface area (Å²) < 4.78 is 5.85. The fourth-order valence-electron chi connectivity index (χ4n) is 3.96. The number of nitrogens with zero attached hydrogens (tertiary/aromatic N) is 2. The number of piperidine rings is 1. The first kappa shape index (κ1) is 17.5. The largest absolute Gasteiger partial charge is 0.456 e. The number of furan rings is 1. The molecule has 3 rings (SSSR count). The number of carbonyl (C=O) groups is 1. The van der Waals surface area contributed by atoms with Gasteiger partial charge in [0, 0.05) is 31.6 Å². The molecule has 5 nitrogen and oxygen atoms in total. The third-order valence-corrected chi connectivity index (χ3v) is 5.31. The Balaban J connectivity index is 1.56. The Morgan fingerprint density at radius 3 is 2.79 bits per heavy atom. The van der Waals surface area contributed by atoms with Crippen molar-refractivity contribution < 1.29 is 9.21 Å². The van der Waals surface area contributed by atoms with Gasteiger partial charge in [0.05, 0.1) is 0 Å². The van der Waals surface area contributed by atoms with Crippen molar-refractivity contribution in [3.8, 4) is 0 Å². The van der Waals surface area contributed by atoms with E-state index in [2.05, 4.69) is 29.1 Å². The van der Waals surface area contributed by atoms with Crippen LogP contribution in [0.4, 0.5) is 0 Å². The molecule has 134 valence electrons. The van der Waals surface area contributed by atoms with Gasteiger partial charge >= 0.3 is 0 Å². The first-order valence-corrected chi connectivity index (χ1v) is 9.46. The molecular weight excluding hydrogens is 302 g/mol. The van der Waals surface area contributed by atoms with Crippen molar-refractivity contribution in [1.29, 1.82) is 0 Å². The lowest BCUT2D eigenvalue weighted by molar-refractivity contribution is 0.0907. The van der Waals surface area contributed by atoms with Gasteiger partial charge < -0.3 is 14.6 Å². The van der Waals surface area contributed by atoms with Crippen molar-refractivity contribution in [3.63, 3.8) is 0 Å². The summed E-state index contributed by atoms with van der Waals surface area (Å²) in [4.78, 5) is 17.2. The molecule has 1 N–H and O–H groups in total. The van der Waals surface area contributed by atoms with Crippen LogP contribution in [0.3, 0.4) is 0 Å². The van der Waals surface area contributed by atoms with Gasteiger partial charge in [0.15, 0.2) is 5.76 Å². The molecule has 1 aromatic rings. The van der Waals surface area contributed by atoms with Crippen LogP contribution in [0.15, 0.2) is 10.5 Å². The maximum atomic E-state index is 12.5. The van der Waals surface area contributed by atoms with E-state index in [1.165, 1.54) is 37.8 Å². The van der Waals surface area contributed by atoms with Crippen molar-refractivity contribution in [3.05, 3.63) is 23.2 Å². The van der Waals surface area contributed by atoms with Crippen molar-refractivity contribution >= 4 is 5.91 Å². The summed E-state index contributed by atoms with van der Waals surface area (Å²) in [5.41, 5.74) is 1.18. The van der Waals surface area contributed by atoms with Crippen LogP contribution < -0.4 is 5.32 Å². The van der Waals surface area contributed by atoms with E-state index in [0.717, 1.165) is 44.9 Å². The van der Waals surface area contributed by atoms with E-state index in [-0.39, 0.29) is 5.91 Å². The standard InChI is InChI=1S/C19H31N3O2/c1-3-17-16(14-22-9-4-5-10-22)11-18(24-17)19(23)20-12-15-7-6-8-21(2)13-15/h11,15H,3-10,12-14H2,1-2H3,(H,20,23)/t15-/m1/s1. The molecule has 2 saturated heterocycles. The van der Waals surface area contributed by atoms with Crippen molar-refractivity contribution in [2.75, 3.05) is 39.8 Å². The zero-order chi connectivity index (χ0) is 16.9. The van der Waals surface area contributed by atoms with Gasteiger partial charge in [-0.3, -0.25) is 9.69 Å². The predicted octanol–water partition coefficient (Wildman–Crippen LogP) is 2.51. The highest BCUT2D eigenvalue weighted by Crippen LogP contribution is 2.21. The summed E-state index contributed by atoms with van der Waals surface area (Å²) in [6.07, 6.45) is 5.82. The number of hydrogen-bond acceptors (Lipinski definition) is 4. The van der Waals surface area contributed by atoms with Gasteiger partial charge in [0.1, 0.15) is 5.76 Å². The maximum Gasteiger partial charge on any atom is 0.287 e. The van der Waals surface area contributed by atoms with Crippen LogP contribution in [-0.4, -0.2) is 55.5 Å². The number of rotatable bonds is 6. The lowest BCUT2D eigenvalue weighted by Crippen LogP contribution is -2.39. The van der Waals surface area contributed by atoms with E-state index in [0.29, 0.717) is 11.7 Å². The molecule has 1 atom stereocenters. The lowest BCUT2D eigenvalue weighted by Gasteiger charge is -2.29. The lowest BCUT2D eigenvalue weighted by atomic mass is 9.98. The molecular formula is C19H31N3O2. The van der Waals surface area contributed by atoms with E-state index in [1.54, 1.807) is 0 Å². The molecule has 24 heavy (non-hydrogen) atoms. The van der Waals surface area contributed by atoms with E-state index in [1.807, 2.05) is 6.07 Å². The first-order chi connectivity index (χ1) is 11.7. The van der Waals surface area contributed by atoms with Gasteiger partial charge in [-0.15, -0.1) is 0 Å². The zero-order valence-electron chi connectivity index (χ0n) is 15.1. The summed E-state index contributed by atoms with van der Waals surface area (Å²) in [7, 11) is 2.15. The fraction of sp³-hybridized carbons (Fsp3) is 0.737. The third kappa shape index (κ3) is 4.39. The summed E-state index contributed by atoms with van der Waals surface area (Å²) in [6, 6.07) is 1.96. The number of hydrogen-bond donors (Lipinski definition) is 1. The molecule has 0 saturated carbocycles. The molecule has 0 aromatic carbocycles. The van der Waals surface area contributed by atoms with Crippen LogP contribution in [0, 0.1) is 5.92 Å². The van der Waals surface area contributed by atoms with Crippen LogP contribution >= 0.6 is 0 Å². The van der Waals surface area contributed by atoms with E-state index >= 15 is 0 Å². The van der Waals surface area contributed by atoms with Gasteiger partial charge in [0.2, 0.25) is 0 Å². The van der Waals surface area contributed by atoms with Gasteiger partial charge in [-0.1, -0.05) is 6.92 Å². The monoisotopic (exact) mass is 333 g/mol. The minimum Gasteiger partial charge on any atom is -0.456 e. The highest BCUT2D eigenvalue weighted by Gasteiger charge is 2.21. The Kier molecular flexibility index (Phi) is 5.95. The average Bonchev–Trinajstić information content (AvgIpc) is 3.23. The molecule has 2 aliphatic heterocycles. The minimum atomic E-state index is -0.0643. The highest BCUT2D eigenvalue weighted by molar-refractivity contribution is 5.91. The fourth-order valence-corrected chi connectivity index (χ4v) is 3.96. The van der Waals surface area contributed by atoms with Crippen molar-refractivity contribution in [2.24, 2.45) is 5.92 Å². The summed E-state index contributed by atoms with van der Waals surface area (Å²) in [5.74, 6) is 1.93. The molecule has 2 aliphatic rings. The first-order valence-electron chi connectivity index (χ1n) is 9.46. The number of aryl methyl sites for hydroxylation is 1. The molecule has 0 radical (unpaired) electrons. The van der Waals surface area contributed by atoms with E-state index in [9.17, 15) is 4.79 Å². The van der Waals surface area contributed by atoms with Crippen molar-refractivity contribution in [2.45, 2.75) is 45.6 Å². The molecule has 3 heterocycles. The summed E-state index contributed by atoms with van der Waals surface area (Å²) in [5, 5.41) is 3.07. The molecule has 0 unspecified atom stereocenters. The van der Waals surface area contributed by atoms with Crippen LogP contribution in [0.2, 0.25) is 0 Å². The summed E-state index contributed by atoms with van der Waals surface area (Å²) in [6.45, 7) is 8.29. The van der Waals surface area contributed by atoms with Gasteiger partial charge in [-0.2, -0.15) is 0 Å². The smallest absolute Gasteiger partial charge is 0.287 e. The molecule has 1 aromatic heterocycles. The van der Waals surface area contributed by atoms with Crippen LogP contribution in [0.5, 0.6) is 0 Å². The van der Waals surface area contributed by atoms with Crippen LogP contribution in [0.25, 0.3) is 0 Å². The Bertz CT molecular complexity index is 549. The SMILES string of the molecule is CCc1oc(C(=O)NC[C@H]2CCCN(C)C2)cc1CN1CCCC1. The Hall–Kier alpha value is -1.33. The molecule has 0 bridgehead atoms. The topological polar surface area (TPSA) is 48.7 Å². The second-order valence-corrected chi connectivity index (χ2v) is 7.38. The quantitative estimate of drug-likeness (QED) is 0.869. The number of carbonyl (C=O) groups excluding carboxylic acids is 1. The molecule has 2 fully saturated rings. The summed E-state index contributed by atoms with van der Waals surface area (Å²) >= 11 is 0. The Morgan fingerprint density at radius 2 is 2.08 bits per heavy atom. The van der Waals surface area contributed by atoms with Gasteiger partial charge in [0.25, 0.3) is 5.91 Å². The second kappa shape index (κ2) is 8.17. The highest BCUT2D eigenvalue weighted by atomic mass is 16.4. The Morgan fingerprint density at radius 1 is 1.29 bits per heavy atom. The minimum absolute atomic E-state index is 0.0643. The number of likely N-dealkylation sites (tertiary alicyclic amines) is 2. The normalized spacial score (nSPS) is 22.8. The maximum absolute atomic E-state index is 12.5. The number of nitrogens with one attached hydrogen (secondary N) is 1. The molecule has 5 heteroatoms. The predicted molar refractivity (Wildman–Crippen MR) is 95.2 cm³/mol. The van der Waals surface area contributed by atoms with Crippen LogP contribution in [0.1, 0.15) is 54.5 Å². The van der Waals surface area contributed by atoms with Crippen LogP contribution in [-0.2, 0) is 13.0 Å².